The Kier molecular flexibility index (Phi) is 3.17. The van der Waals surface area contributed by atoms with E-state index in [0.29, 0.717) is 12.1 Å². The molecule has 2 aromatic rings. The number of ether oxygens (including phenoxy) is 1. The average molecular weight is 268 g/mol. The van der Waals surface area contributed by atoms with Gasteiger partial charge in [-0.1, -0.05) is 18.2 Å². The third-order valence-electron chi connectivity index (χ3n) is 4.55. The molecule has 104 valence electrons. The minimum atomic E-state index is 0.451. The molecule has 1 aromatic heterocycles. The normalized spacial score (nSPS) is 26.2. The van der Waals surface area contributed by atoms with E-state index in [0.717, 1.165) is 25.5 Å². The monoisotopic (exact) mass is 268 g/mol. The molecule has 0 bridgehead atoms. The molecule has 1 N–H and O–H groups in total. The Morgan fingerprint density at radius 1 is 1.20 bits per heavy atom. The summed E-state index contributed by atoms with van der Waals surface area (Å²) < 4.78 is 5.89. The molecule has 2 heterocycles. The van der Waals surface area contributed by atoms with Crippen LogP contribution in [0.1, 0.15) is 24.8 Å². The topological polar surface area (TPSA) is 34.1 Å². The van der Waals surface area contributed by atoms with Gasteiger partial charge in [0.25, 0.3) is 0 Å². The SMILES string of the molecule is c1cc(CNC2CCOC2C2CC2)c2ccncc2c1. The van der Waals surface area contributed by atoms with Crippen LogP contribution in [-0.4, -0.2) is 23.7 Å². The summed E-state index contributed by atoms with van der Waals surface area (Å²) in [6.07, 6.45) is 8.10. The number of aromatic nitrogens is 1. The quantitative estimate of drug-likeness (QED) is 0.926. The lowest BCUT2D eigenvalue weighted by atomic mass is 10.0. The van der Waals surface area contributed by atoms with E-state index in [-0.39, 0.29) is 0 Å². The fourth-order valence-electron chi connectivity index (χ4n) is 3.30. The van der Waals surface area contributed by atoms with Crippen molar-refractivity contribution in [3.8, 4) is 0 Å². The highest BCUT2D eigenvalue weighted by Crippen LogP contribution is 2.38. The van der Waals surface area contributed by atoms with Gasteiger partial charge in [-0.2, -0.15) is 0 Å². The first-order chi connectivity index (χ1) is 9.92. The van der Waals surface area contributed by atoms with Crippen LogP contribution in [0, 0.1) is 5.92 Å². The molecule has 2 unspecified atom stereocenters. The second kappa shape index (κ2) is 5.15. The molecule has 0 amide bonds. The Morgan fingerprint density at radius 2 is 2.15 bits per heavy atom. The molecule has 20 heavy (non-hydrogen) atoms. The molecular weight excluding hydrogens is 248 g/mol. The number of hydrogen-bond donors (Lipinski definition) is 1. The van der Waals surface area contributed by atoms with E-state index >= 15 is 0 Å². The van der Waals surface area contributed by atoms with Gasteiger partial charge in [-0.3, -0.25) is 4.98 Å². The van der Waals surface area contributed by atoms with Crippen LogP contribution in [-0.2, 0) is 11.3 Å². The zero-order valence-electron chi connectivity index (χ0n) is 11.6. The van der Waals surface area contributed by atoms with E-state index in [2.05, 4.69) is 34.6 Å². The molecule has 2 fully saturated rings. The van der Waals surface area contributed by atoms with Crippen LogP contribution in [0.2, 0.25) is 0 Å². The molecule has 1 saturated carbocycles. The minimum Gasteiger partial charge on any atom is -0.376 e. The van der Waals surface area contributed by atoms with Gasteiger partial charge in [-0.15, -0.1) is 0 Å². The zero-order chi connectivity index (χ0) is 13.4. The van der Waals surface area contributed by atoms with Gasteiger partial charge in [0.1, 0.15) is 0 Å². The molecule has 1 aliphatic heterocycles. The summed E-state index contributed by atoms with van der Waals surface area (Å²) in [5.41, 5.74) is 1.35. The maximum atomic E-state index is 5.89. The van der Waals surface area contributed by atoms with Crippen LogP contribution in [0.4, 0.5) is 0 Å². The van der Waals surface area contributed by atoms with Crippen molar-refractivity contribution in [2.24, 2.45) is 5.92 Å². The summed E-state index contributed by atoms with van der Waals surface area (Å²) in [6, 6.07) is 9.08. The number of fused-ring (bicyclic) bond motifs is 1. The number of nitrogens with one attached hydrogen (secondary N) is 1. The second-order valence-electron chi connectivity index (χ2n) is 5.96. The van der Waals surface area contributed by atoms with E-state index in [1.165, 1.54) is 29.2 Å². The molecule has 3 nitrogen and oxygen atoms in total. The first-order valence-electron chi connectivity index (χ1n) is 7.58. The predicted octanol–water partition coefficient (Wildman–Crippen LogP) is 2.89. The van der Waals surface area contributed by atoms with Gasteiger partial charge in [0.15, 0.2) is 0 Å². The Labute approximate surface area is 119 Å². The van der Waals surface area contributed by atoms with Gasteiger partial charge in [-0.05, 0) is 42.2 Å². The Morgan fingerprint density at radius 3 is 3.05 bits per heavy atom. The third kappa shape index (κ3) is 2.32. The lowest BCUT2D eigenvalue weighted by Gasteiger charge is -2.20. The van der Waals surface area contributed by atoms with E-state index in [1.807, 2.05) is 12.4 Å². The highest BCUT2D eigenvalue weighted by molar-refractivity contribution is 5.84. The van der Waals surface area contributed by atoms with E-state index in [1.54, 1.807) is 0 Å². The van der Waals surface area contributed by atoms with Crippen LogP contribution in [0.25, 0.3) is 10.8 Å². The highest BCUT2D eigenvalue weighted by Gasteiger charge is 2.40. The number of hydrogen-bond acceptors (Lipinski definition) is 3. The van der Waals surface area contributed by atoms with Crippen molar-refractivity contribution in [3.63, 3.8) is 0 Å². The first kappa shape index (κ1) is 12.3. The van der Waals surface area contributed by atoms with Crippen LogP contribution in [0.3, 0.4) is 0 Å². The second-order valence-corrected chi connectivity index (χ2v) is 5.96. The number of nitrogens with zero attached hydrogens (tertiary/aromatic N) is 1. The zero-order valence-corrected chi connectivity index (χ0v) is 11.6. The Hall–Kier alpha value is -1.45. The van der Waals surface area contributed by atoms with E-state index in [4.69, 9.17) is 4.74 Å². The minimum absolute atomic E-state index is 0.451. The number of pyridine rings is 1. The van der Waals surface area contributed by atoms with Gasteiger partial charge >= 0.3 is 0 Å². The highest BCUT2D eigenvalue weighted by atomic mass is 16.5. The fourth-order valence-corrected chi connectivity index (χ4v) is 3.30. The number of rotatable bonds is 4. The van der Waals surface area contributed by atoms with Crippen molar-refractivity contribution in [2.45, 2.75) is 38.0 Å². The van der Waals surface area contributed by atoms with Crippen molar-refractivity contribution < 1.29 is 4.74 Å². The lowest BCUT2D eigenvalue weighted by molar-refractivity contribution is 0.0809. The molecule has 1 aromatic carbocycles. The summed E-state index contributed by atoms with van der Waals surface area (Å²) in [6.45, 7) is 1.83. The molecule has 0 radical (unpaired) electrons. The van der Waals surface area contributed by atoms with Crippen LogP contribution in [0.5, 0.6) is 0 Å². The molecule has 1 saturated heterocycles. The van der Waals surface area contributed by atoms with Crippen LogP contribution >= 0.6 is 0 Å². The molecule has 2 aliphatic rings. The van der Waals surface area contributed by atoms with Crippen molar-refractivity contribution in [1.82, 2.24) is 10.3 Å². The van der Waals surface area contributed by atoms with E-state index in [9.17, 15) is 0 Å². The summed E-state index contributed by atoms with van der Waals surface area (Å²) >= 11 is 0. The van der Waals surface area contributed by atoms with Crippen molar-refractivity contribution in [1.29, 1.82) is 0 Å². The summed E-state index contributed by atoms with van der Waals surface area (Å²) in [4.78, 5) is 4.19. The van der Waals surface area contributed by atoms with Gasteiger partial charge < -0.3 is 10.1 Å². The Bertz CT molecular complexity index is 603. The molecule has 3 heteroatoms. The van der Waals surface area contributed by atoms with E-state index < -0.39 is 0 Å². The average Bonchev–Trinajstić information content (AvgIpc) is 3.24. The first-order valence-corrected chi connectivity index (χ1v) is 7.58. The van der Waals surface area contributed by atoms with Gasteiger partial charge in [0, 0.05) is 37.0 Å². The van der Waals surface area contributed by atoms with Crippen LogP contribution in [0.15, 0.2) is 36.7 Å². The molecular formula is C17H20N2O. The Balaban J connectivity index is 1.50. The molecule has 4 rings (SSSR count). The molecule has 1 aliphatic carbocycles. The molecule has 2 atom stereocenters. The maximum absolute atomic E-state index is 5.89. The number of benzene rings is 1. The largest absolute Gasteiger partial charge is 0.376 e. The van der Waals surface area contributed by atoms with Gasteiger partial charge in [0.05, 0.1) is 6.10 Å². The maximum Gasteiger partial charge on any atom is 0.0757 e. The smallest absolute Gasteiger partial charge is 0.0757 e. The lowest BCUT2D eigenvalue weighted by Crippen LogP contribution is -2.37. The summed E-state index contributed by atoms with van der Waals surface area (Å²) in [7, 11) is 0. The van der Waals surface area contributed by atoms with Gasteiger partial charge in [-0.25, -0.2) is 0 Å². The third-order valence-corrected chi connectivity index (χ3v) is 4.55. The van der Waals surface area contributed by atoms with Crippen molar-refractivity contribution >= 4 is 10.8 Å². The molecule has 0 spiro atoms. The van der Waals surface area contributed by atoms with Crippen molar-refractivity contribution in [3.05, 3.63) is 42.2 Å². The van der Waals surface area contributed by atoms with Crippen LogP contribution < -0.4 is 5.32 Å². The summed E-state index contributed by atoms with van der Waals surface area (Å²) in [5, 5.41) is 6.23. The predicted molar refractivity (Wildman–Crippen MR) is 79.5 cm³/mol. The van der Waals surface area contributed by atoms with Gasteiger partial charge in [0.2, 0.25) is 0 Å². The standard InChI is InChI=1S/C17H20N2O/c1-2-13-10-18-8-6-15(13)14(3-1)11-19-16-7-9-20-17(16)12-4-5-12/h1-3,6,8,10,12,16-17,19H,4-5,7,9,11H2. The summed E-state index contributed by atoms with van der Waals surface area (Å²) in [5.74, 6) is 0.812. The fraction of sp³-hybridized carbons (Fsp3) is 0.471. The van der Waals surface area contributed by atoms with Crippen molar-refractivity contribution in [2.75, 3.05) is 6.61 Å².